The van der Waals surface area contributed by atoms with Crippen molar-refractivity contribution in [1.29, 1.82) is 0 Å². The number of fused-ring (bicyclic) bond motifs is 1. The lowest BCUT2D eigenvalue weighted by molar-refractivity contribution is -0.384. The molecular weight excluding hydrogens is 302 g/mol. The van der Waals surface area contributed by atoms with Crippen LogP contribution in [0.2, 0.25) is 0 Å². The number of para-hydroxylation sites is 1. The number of hydrogen-bond donors (Lipinski definition) is 0. The molecule has 0 aliphatic carbocycles. The van der Waals surface area contributed by atoms with Crippen molar-refractivity contribution >= 4 is 16.6 Å². The minimum atomic E-state index is -0.392. The van der Waals surface area contributed by atoms with E-state index >= 15 is 0 Å². The van der Waals surface area contributed by atoms with Crippen LogP contribution in [0, 0.1) is 10.1 Å². The van der Waals surface area contributed by atoms with Gasteiger partial charge in [0.1, 0.15) is 0 Å². The number of rotatable bonds is 3. The molecule has 0 fully saturated rings. The molecule has 0 aliphatic rings. The Morgan fingerprint density at radius 1 is 0.833 bits per heavy atom. The Labute approximate surface area is 137 Å². The van der Waals surface area contributed by atoms with E-state index in [1.54, 1.807) is 12.1 Å². The molecule has 24 heavy (non-hydrogen) atoms. The molecule has 0 amide bonds. The van der Waals surface area contributed by atoms with Gasteiger partial charge in [-0.05, 0) is 30.3 Å². The molecule has 0 N–H and O–H groups in total. The Balaban J connectivity index is 1.97. The molecule has 3 aromatic carbocycles. The van der Waals surface area contributed by atoms with Crippen LogP contribution in [-0.2, 0) is 0 Å². The van der Waals surface area contributed by atoms with Crippen molar-refractivity contribution in [1.82, 2.24) is 9.78 Å². The number of nitro benzene ring substituents is 1. The van der Waals surface area contributed by atoms with Gasteiger partial charge in [0, 0.05) is 23.1 Å². The van der Waals surface area contributed by atoms with Gasteiger partial charge < -0.3 is 0 Å². The first-order chi connectivity index (χ1) is 11.7. The lowest BCUT2D eigenvalue weighted by atomic mass is 10.1. The van der Waals surface area contributed by atoms with Gasteiger partial charge in [-0.1, -0.05) is 36.4 Å². The molecule has 0 unspecified atom stereocenters. The van der Waals surface area contributed by atoms with Crippen molar-refractivity contribution in [2.24, 2.45) is 0 Å². The summed E-state index contributed by atoms with van der Waals surface area (Å²) < 4.78 is 1.88. The van der Waals surface area contributed by atoms with Gasteiger partial charge in [0.2, 0.25) is 0 Å². The quantitative estimate of drug-likeness (QED) is 0.410. The van der Waals surface area contributed by atoms with Crippen LogP contribution in [0.25, 0.3) is 27.8 Å². The Hall–Kier alpha value is -3.47. The van der Waals surface area contributed by atoms with Crippen LogP contribution >= 0.6 is 0 Å². The average Bonchev–Trinajstić information content (AvgIpc) is 3.02. The molecule has 0 radical (unpaired) electrons. The molecule has 1 aromatic heterocycles. The fourth-order valence-electron chi connectivity index (χ4n) is 2.81. The molecule has 5 nitrogen and oxygen atoms in total. The third-order valence-electron chi connectivity index (χ3n) is 3.93. The molecule has 4 rings (SSSR count). The summed E-state index contributed by atoms with van der Waals surface area (Å²) in [6, 6.07) is 24.3. The van der Waals surface area contributed by atoms with Crippen LogP contribution in [0.5, 0.6) is 0 Å². The number of nitro groups is 1. The molecule has 0 atom stereocenters. The number of benzene rings is 3. The smallest absolute Gasteiger partial charge is 0.258 e. The van der Waals surface area contributed by atoms with Crippen molar-refractivity contribution in [2.75, 3.05) is 0 Å². The van der Waals surface area contributed by atoms with E-state index in [1.165, 1.54) is 12.1 Å². The van der Waals surface area contributed by atoms with Gasteiger partial charge in [-0.2, -0.15) is 5.10 Å². The highest BCUT2D eigenvalue weighted by molar-refractivity contribution is 5.94. The zero-order valence-electron chi connectivity index (χ0n) is 12.7. The maximum Gasteiger partial charge on any atom is 0.269 e. The first-order valence-corrected chi connectivity index (χ1v) is 7.52. The van der Waals surface area contributed by atoms with Gasteiger partial charge in [-0.25, -0.2) is 4.68 Å². The van der Waals surface area contributed by atoms with E-state index < -0.39 is 4.92 Å². The molecule has 0 saturated heterocycles. The second kappa shape index (κ2) is 5.62. The summed E-state index contributed by atoms with van der Waals surface area (Å²) in [5.74, 6) is 0. The van der Waals surface area contributed by atoms with Gasteiger partial charge in [-0.3, -0.25) is 10.1 Å². The van der Waals surface area contributed by atoms with E-state index in [1.807, 2.05) is 59.3 Å². The van der Waals surface area contributed by atoms with Crippen molar-refractivity contribution in [2.45, 2.75) is 0 Å². The molecular formula is C19H13N3O2. The Kier molecular flexibility index (Phi) is 3.31. The van der Waals surface area contributed by atoms with Crippen LogP contribution in [0.1, 0.15) is 0 Å². The Bertz CT molecular complexity index is 1020. The summed E-state index contributed by atoms with van der Waals surface area (Å²) in [7, 11) is 0. The molecule has 116 valence electrons. The molecule has 0 spiro atoms. The van der Waals surface area contributed by atoms with Crippen LogP contribution in [0.15, 0.2) is 78.9 Å². The van der Waals surface area contributed by atoms with Gasteiger partial charge in [0.15, 0.2) is 0 Å². The van der Waals surface area contributed by atoms with E-state index in [9.17, 15) is 10.1 Å². The van der Waals surface area contributed by atoms with E-state index in [0.717, 1.165) is 27.8 Å². The molecule has 0 bridgehead atoms. The van der Waals surface area contributed by atoms with Gasteiger partial charge in [-0.15, -0.1) is 0 Å². The molecule has 1 heterocycles. The molecule has 0 aliphatic heterocycles. The van der Waals surface area contributed by atoms with E-state index in [2.05, 4.69) is 0 Å². The van der Waals surface area contributed by atoms with Crippen molar-refractivity contribution in [3.63, 3.8) is 0 Å². The largest absolute Gasteiger partial charge is 0.269 e. The molecule has 4 aromatic rings. The normalized spacial score (nSPS) is 10.8. The summed E-state index contributed by atoms with van der Waals surface area (Å²) >= 11 is 0. The monoisotopic (exact) mass is 315 g/mol. The van der Waals surface area contributed by atoms with Crippen LogP contribution < -0.4 is 0 Å². The first-order valence-electron chi connectivity index (χ1n) is 7.52. The van der Waals surface area contributed by atoms with Crippen molar-refractivity contribution in [3.05, 3.63) is 89.0 Å². The van der Waals surface area contributed by atoms with Crippen LogP contribution in [0.3, 0.4) is 0 Å². The van der Waals surface area contributed by atoms with E-state index in [0.29, 0.717) is 0 Å². The molecule has 0 saturated carbocycles. The fourth-order valence-corrected chi connectivity index (χ4v) is 2.81. The summed E-state index contributed by atoms with van der Waals surface area (Å²) in [5.41, 5.74) is 3.72. The third kappa shape index (κ3) is 2.32. The lowest BCUT2D eigenvalue weighted by Crippen LogP contribution is -1.98. The number of aromatic nitrogens is 2. The van der Waals surface area contributed by atoms with Crippen LogP contribution in [-0.4, -0.2) is 14.7 Å². The topological polar surface area (TPSA) is 61.0 Å². The van der Waals surface area contributed by atoms with Crippen molar-refractivity contribution in [3.8, 4) is 16.9 Å². The minimum absolute atomic E-state index is 0.0776. The Morgan fingerprint density at radius 2 is 1.50 bits per heavy atom. The summed E-state index contributed by atoms with van der Waals surface area (Å²) in [6.07, 6.45) is 0. The van der Waals surface area contributed by atoms with Crippen molar-refractivity contribution < 1.29 is 4.92 Å². The summed E-state index contributed by atoms with van der Waals surface area (Å²) in [5, 5.41) is 16.6. The first kappa shape index (κ1) is 14.1. The zero-order valence-corrected chi connectivity index (χ0v) is 12.7. The highest BCUT2D eigenvalue weighted by Gasteiger charge is 2.15. The number of hydrogen-bond acceptors (Lipinski definition) is 3. The maximum absolute atomic E-state index is 10.9. The maximum atomic E-state index is 10.9. The second-order valence-electron chi connectivity index (χ2n) is 5.42. The average molecular weight is 315 g/mol. The number of nitrogens with zero attached hydrogens (tertiary/aromatic N) is 3. The Morgan fingerprint density at radius 3 is 2.21 bits per heavy atom. The predicted molar refractivity (Wildman–Crippen MR) is 93.2 cm³/mol. The van der Waals surface area contributed by atoms with Gasteiger partial charge in [0.25, 0.3) is 5.69 Å². The van der Waals surface area contributed by atoms with Crippen LogP contribution in [0.4, 0.5) is 5.69 Å². The zero-order chi connectivity index (χ0) is 16.5. The lowest BCUT2D eigenvalue weighted by Gasteiger charge is -2.08. The van der Waals surface area contributed by atoms with E-state index in [-0.39, 0.29) is 5.69 Å². The van der Waals surface area contributed by atoms with E-state index in [4.69, 9.17) is 5.10 Å². The van der Waals surface area contributed by atoms with Gasteiger partial charge in [0.05, 0.1) is 21.8 Å². The third-order valence-corrected chi connectivity index (χ3v) is 3.93. The predicted octanol–water partition coefficient (Wildman–Crippen LogP) is 4.60. The molecule has 5 heteroatoms. The standard InChI is InChI=1S/C19H13N3O2/c23-22(24)16-12-10-14(11-13-16)19-17-8-4-5-9-18(17)20-21(19)15-6-2-1-3-7-15/h1-13H. The highest BCUT2D eigenvalue weighted by Crippen LogP contribution is 2.31. The minimum Gasteiger partial charge on any atom is -0.258 e. The summed E-state index contributed by atoms with van der Waals surface area (Å²) in [6.45, 7) is 0. The summed E-state index contributed by atoms with van der Waals surface area (Å²) in [4.78, 5) is 10.5. The SMILES string of the molecule is O=[N+]([O-])c1ccc(-c2c3ccccc3nn2-c2ccccc2)cc1. The van der Waals surface area contributed by atoms with Gasteiger partial charge >= 0.3 is 0 Å². The highest BCUT2D eigenvalue weighted by atomic mass is 16.6. The fraction of sp³-hybridized carbons (Fsp3) is 0. The number of non-ortho nitro benzene ring substituents is 1. The second-order valence-corrected chi connectivity index (χ2v) is 5.42.